The van der Waals surface area contributed by atoms with Gasteiger partial charge in [0.2, 0.25) is 11.9 Å². The highest BCUT2D eigenvalue weighted by molar-refractivity contribution is 7.29. The molecule has 6 nitrogen and oxygen atoms in total. The van der Waals surface area contributed by atoms with Gasteiger partial charge in [-0.05, 0) is 48.7 Å². The fraction of sp³-hybridized carbons (Fsp3) is 0.320. The maximum absolute atomic E-state index is 13.0. The van der Waals surface area contributed by atoms with Crippen molar-refractivity contribution in [1.29, 1.82) is 0 Å². The first kappa shape index (κ1) is 22.7. The first-order valence-electron chi connectivity index (χ1n) is 11.3. The first-order chi connectivity index (χ1) is 16.5. The molecule has 0 unspecified atom stereocenters. The molecule has 0 atom stereocenters. The quantitative estimate of drug-likeness (QED) is 0.359. The van der Waals surface area contributed by atoms with E-state index in [1.54, 1.807) is 39.8 Å². The number of piperidine rings is 1. The minimum Gasteiger partial charge on any atom is -0.380 e. The molecular weight excluding hydrogens is 469 g/mol. The number of pyridine rings is 1. The number of nitrogens with one attached hydrogen (secondary N) is 1. The van der Waals surface area contributed by atoms with Gasteiger partial charge in [0.15, 0.2) is 5.13 Å². The van der Waals surface area contributed by atoms with Crippen molar-refractivity contribution in [2.24, 2.45) is 5.92 Å². The number of thiazole rings is 1. The Morgan fingerprint density at radius 2 is 1.85 bits per heavy atom. The third-order valence-corrected chi connectivity index (χ3v) is 8.32. The van der Waals surface area contributed by atoms with Gasteiger partial charge in [0.1, 0.15) is 4.83 Å². The summed E-state index contributed by atoms with van der Waals surface area (Å²) in [7, 11) is 3.66. The second kappa shape index (κ2) is 9.68. The Balaban J connectivity index is 1.17. The molecule has 1 saturated heterocycles. The molecule has 4 heterocycles. The van der Waals surface area contributed by atoms with Crippen molar-refractivity contribution in [2.45, 2.75) is 19.4 Å². The van der Waals surface area contributed by atoms with Crippen LogP contribution in [0.25, 0.3) is 20.7 Å². The van der Waals surface area contributed by atoms with Gasteiger partial charge in [0, 0.05) is 62.0 Å². The van der Waals surface area contributed by atoms with Gasteiger partial charge in [-0.25, -0.2) is 9.97 Å². The Morgan fingerprint density at radius 3 is 2.50 bits per heavy atom. The SMILES string of the molecule is CN(C)C(=O)C1CCN(c2nc3sc(CNc4ccc(-c5ccc(F)nc5)cc4)cc3s2)CC1. The van der Waals surface area contributed by atoms with Crippen molar-refractivity contribution in [3.63, 3.8) is 0 Å². The smallest absolute Gasteiger partial charge is 0.225 e. The largest absolute Gasteiger partial charge is 0.380 e. The summed E-state index contributed by atoms with van der Waals surface area (Å²) in [6.45, 7) is 2.49. The number of aromatic nitrogens is 2. The van der Waals surface area contributed by atoms with Crippen molar-refractivity contribution in [2.75, 3.05) is 37.4 Å². The lowest BCUT2D eigenvalue weighted by Gasteiger charge is -2.32. The fourth-order valence-electron chi connectivity index (χ4n) is 4.19. The van der Waals surface area contributed by atoms with Gasteiger partial charge in [0.05, 0.1) is 4.70 Å². The van der Waals surface area contributed by atoms with E-state index in [2.05, 4.69) is 21.3 Å². The van der Waals surface area contributed by atoms with E-state index in [4.69, 9.17) is 4.98 Å². The van der Waals surface area contributed by atoms with Crippen molar-refractivity contribution >= 4 is 48.9 Å². The lowest BCUT2D eigenvalue weighted by Crippen LogP contribution is -2.40. The summed E-state index contributed by atoms with van der Waals surface area (Å²) in [6, 6.07) is 13.4. The summed E-state index contributed by atoms with van der Waals surface area (Å²) < 4.78 is 14.2. The summed E-state index contributed by atoms with van der Waals surface area (Å²) in [5, 5.41) is 4.53. The Bertz CT molecular complexity index is 1240. The Kier molecular flexibility index (Phi) is 6.47. The van der Waals surface area contributed by atoms with Crippen LogP contribution >= 0.6 is 22.7 Å². The molecule has 1 amide bonds. The Hall–Kier alpha value is -3.04. The van der Waals surface area contributed by atoms with Crippen LogP contribution in [0, 0.1) is 11.9 Å². The second-order valence-electron chi connectivity index (χ2n) is 8.67. The van der Waals surface area contributed by atoms with Gasteiger partial charge in [-0.3, -0.25) is 4.79 Å². The molecule has 0 spiro atoms. The van der Waals surface area contributed by atoms with E-state index in [1.807, 2.05) is 38.4 Å². The van der Waals surface area contributed by atoms with Crippen molar-refractivity contribution < 1.29 is 9.18 Å². The number of rotatable bonds is 6. The number of benzene rings is 1. The number of thiophene rings is 1. The fourth-order valence-corrected chi connectivity index (χ4v) is 6.42. The highest BCUT2D eigenvalue weighted by atomic mass is 32.1. The van der Waals surface area contributed by atoms with Crippen LogP contribution < -0.4 is 10.2 Å². The molecule has 1 aliphatic heterocycles. The molecular formula is C25H26FN5OS2. The molecule has 176 valence electrons. The topological polar surface area (TPSA) is 61.4 Å². The van der Waals surface area contributed by atoms with Crippen LogP contribution in [0.15, 0.2) is 48.7 Å². The number of fused-ring (bicyclic) bond motifs is 1. The average Bonchev–Trinajstić information content (AvgIpc) is 3.42. The molecule has 34 heavy (non-hydrogen) atoms. The van der Waals surface area contributed by atoms with Crippen LogP contribution in [0.1, 0.15) is 17.7 Å². The molecule has 3 aromatic heterocycles. The van der Waals surface area contributed by atoms with E-state index in [0.717, 1.165) is 59.3 Å². The monoisotopic (exact) mass is 495 g/mol. The molecule has 0 radical (unpaired) electrons. The number of hydrogen-bond acceptors (Lipinski definition) is 7. The molecule has 0 aliphatic carbocycles. The number of anilines is 2. The van der Waals surface area contributed by atoms with Gasteiger partial charge in [-0.1, -0.05) is 23.5 Å². The average molecular weight is 496 g/mol. The third kappa shape index (κ3) is 4.90. The predicted octanol–water partition coefficient (Wildman–Crippen LogP) is 5.48. The van der Waals surface area contributed by atoms with Crippen LogP contribution in [0.5, 0.6) is 0 Å². The van der Waals surface area contributed by atoms with Crippen molar-refractivity contribution in [3.8, 4) is 11.1 Å². The molecule has 1 N–H and O–H groups in total. The van der Waals surface area contributed by atoms with Crippen LogP contribution in [0.4, 0.5) is 15.2 Å². The van der Waals surface area contributed by atoms with Crippen LogP contribution in [-0.2, 0) is 11.3 Å². The lowest BCUT2D eigenvalue weighted by atomic mass is 9.96. The molecule has 4 aromatic rings. The zero-order chi connectivity index (χ0) is 23.7. The van der Waals surface area contributed by atoms with E-state index in [9.17, 15) is 9.18 Å². The van der Waals surface area contributed by atoms with Crippen LogP contribution in [0.3, 0.4) is 0 Å². The van der Waals surface area contributed by atoms with Crippen molar-refractivity contribution in [3.05, 3.63) is 59.5 Å². The van der Waals surface area contributed by atoms with Gasteiger partial charge in [0.25, 0.3) is 0 Å². The lowest BCUT2D eigenvalue weighted by molar-refractivity contribution is -0.133. The van der Waals surface area contributed by atoms with Crippen LogP contribution in [0.2, 0.25) is 0 Å². The van der Waals surface area contributed by atoms with E-state index in [1.165, 1.54) is 15.6 Å². The molecule has 1 aromatic carbocycles. The number of hydrogen-bond donors (Lipinski definition) is 1. The molecule has 5 rings (SSSR count). The molecule has 0 saturated carbocycles. The summed E-state index contributed by atoms with van der Waals surface area (Å²) >= 11 is 3.45. The Labute approximate surface area is 206 Å². The van der Waals surface area contributed by atoms with E-state index in [-0.39, 0.29) is 11.8 Å². The molecule has 1 aliphatic rings. The second-order valence-corrected chi connectivity index (χ2v) is 10.8. The van der Waals surface area contributed by atoms with Crippen molar-refractivity contribution in [1.82, 2.24) is 14.9 Å². The van der Waals surface area contributed by atoms with Gasteiger partial charge < -0.3 is 15.1 Å². The summed E-state index contributed by atoms with van der Waals surface area (Å²) in [5.74, 6) is -0.106. The standard InChI is InChI=1S/C25H26FN5OS2/c1-30(2)24(32)17-9-11-31(12-10-17)25-29-23-21(34-25)13-20(33-23)15-27-19-6-3-16(4-7-19)18-5-8-22(26)28-14-18/h3-8,13-14,17,27H,9-12,15H2,1-2H3. The Morgan fingerprint density at radius 1 is 1.12 bits per heavy atom. The van der Waals surface area contributed by atoms with E-state index >= 15 is 0 Å². The maximum Gasteiger partial charge on any atom is 0.225 e. The molecule has 0 bridgehead atoms. The van der Waals surface area contributed by atoms with E-state index < -0.39 is 5.95 Å². The van der Waals surface area contributed by atoms with Gasteiger partial charge in [-0.2, -0.15) is 4.39 Å². The minimum atomic E-state index is -0.472. The third-order valence-electron chi connectivity index (χ3n) is 6.10. The number of halogens is 1. The highest BCUT2D eigenvalue weighted by Gasteiger charge is 2.27. The zero-order valence-corrected chi connectivity index (χ0v) is 20.8. The first-order valence-corrected chi connectivity index (χ1v) is 12.9. The maximum atomic E-state index is 13.0. The number of nitrogens with zero attached hydrogens (tertiary/aromatic N) is 4. The van der Waals surface area contributed by atoms with Gasteiger partial charge in [-0.15, -0.1) is 11.3 Å². The number of carbonyl (C=O) groups is 1. The zero-order valence-electron chi connectivity index (χ0n) is 19.1. The molecule has 1 fully saturated rings. The normalized spacial score (nSPS) is 14.5. The number of amides is 1. The predicted molar refractivity (Wildman–Crippen MR) is 138 cm³/mol. The highest BCUT2D eigenvalue weighted by Crippen LogP contribution is 2.36. The minimum absolute atomic E-state index is 0.131. The van der Waals surface area contributed by atoms with Gasteiger partial charge >= 0.3 is 0 Å². The summed E-state index contributed by atoms with van der Waals surface area (Å²) in [4.78, 5) is 27.1. The summed E-state index contributed by atoms with van der Waals surface area (Å²) in [6.07, 6.45) is 3.31. The van der Waals surface area contributed by atoms with E-state index in [0.29, 0.717) is 0 Å². The number of carbonyl (C=O) groups excluding carboxylic acids is 1. The molecule has 9 heteroatoms. The van der Waals surface area contributed by atoms with Crippen LogP contribution in [-0.4, -0.2) is 48.0 Å². The summed E-state index contributed by atoms with van der Waals surface area (Å²) in [5.41, 5.74) is 2.92.